The largest absolute Gasteiger partial charge is 0.464 e. The average molecular weight is 214 g/mol. The van der Waals surface area contributed by atoms with E-state index in [0.717, 1.165) is 25.7 Å². The number of carbonyl (C=O) groups is 1. The van der Waals surface area contributed by atoms with Gasteiger partial charge in [0, 0.05) is 5.92 Å². The van der Waals surface area contributed by atoms with Crippen molar-refractivity contribution >= 4 is 5.97 Å². The summed E-state index contributed by atoms with van der Waals surface area (Å²) in [5, 5.41) is 9.43. The molecule has 0 radical (unpaired) electrons. The molecule has 3 rings (SSSR count). The van der Waals surface area contributed by atoms with E-state index in [9.17, 15) is 9.90 Å². The summed E-state index contributed by atoms with van der Waals surface area (Å²) in [5.41, 5.74) is -1.06. The number of esters is 1. The molecule has 3 fully saturated rings. The summed E-state index contributed by atoms with van der Waals surface area (Å²) in [6.45, 7) is 1.85. The van der Waals surface area contributed by atoms with Crippen molar-refractivity contribution < 1.29 is 19.4 Å². The second kappa shape index (κ2) is 4.10. The third-order valence-corrected chi connectivity index (χ3v) is 3.57. The number of ether oxygens (including phenoxy) is 2. The Labute approximate surface area is 89.6 Å². The van der Waals surface area contributed by atoms with Gasteiger partial charge in [0.15, 0.2) is 5.60 Å². The molecule has 4 nitrogen and oxygen atoms in total. The van der Waals surface area contributed by atoms with Crippen molar-refractivity contribution in [1.82, 2.24) is 0 Å². The zero-order valence-corrected chi connectivity index (χ0v) is 9.07. The third kappa shape index (κ3) is 1.66. The maximum absolute atomic E-state index is 11.8. The van der Waals surface area contributed by atoms with Crippen LogP contribution in [-0.2, 0) is 14.3 Å². The van der Waals surface area contributed by atoms with Crippen molar-refractivity contribution in [3.8, 4) is 0 Å². The van der Waals surface area contributed by atoms with E-state index in [4.69, 9.17) is 9.47 Å². The number of aliphatic hydroxyl groups is 1. The van der Waals surface area contributed by atoms with Gasteiger partial charge in [0.2, 0.25) is 0 Å². The first-order valence-corrected chi connectivity index (χ1v) is 5.69. The molecule has 1 atom stereocenters. The highest BCUT2D eigenvalue weighted by molar-refractivity contribution is 5.80. The molecule has 15 heavy (non-hydrogen) atoms. The van der Waals surface area contributed by atoms with Crippen LogP contribution in [0.5, 0.6) is 0 Å². The topological polar surface area (TPSA) is 55.8 Å². The summed E-state index contributed by atoms with van der Waals surface area (Å²) < 4.78 is 10.7. The lowest BCUT2D eigenvalue weighted by molar-refractivity contribution is -0.230. The Morgan fingerprint density at radius 2 is 2.13 bits per heavy atom. The summed E-state index contributed by atoms with van der Waals surface area (Å²) in [6, 6.07) is 0. The predicted octanol–water partition coefficient (Wildman–Crippen LogP) is 0.870. The molecule has 1 aliphatic carbocycles. The number of rotatable bonds is 3. The van der Waals surface area contributed by atoms with Crippen molar-refractivity contribution in [3.63, 3.8) is 0 Å². The Balaban J connectivity index is 2.17. The molecule has 0 aromatic rings. The van der Waals surface area contributed by atoms with E-state index in [1.54, 1.807) is 6.92 Å². The SMILES string of the molecule is CCOC(=O)C1(CO)OC2CCC1CC2. The van der Waals surface area contributed by atoms with E-state index in [1.165, 1.54) is 0 Å². The van der Waals surface area contributed by atoms with E-state index in [1.807, 2.05) is 0 Å². The smallest absolute Gasteiger partial charge is 0.341 e. The first-order chi connectivity index (χ1) is 7.23. The van der Waals surface area contributed by atoms with Gasteiger partial charge in [-0.15, -0.1) is 0 Å². The second-order valence-electron chi connectivity index (χ2n) is 4.36. The van der Waals surface area contributed by atoms with Crippen LogP contribution >= 0.6 is 0 Å². The van der Waals surface area contributed by atoms with Crippen LogP contribution in [0, 0.1) is 5.92 Å². The monoisotopic (exact) mass is 214 g/mol. The van der Waals surface area contributed by atoms with Gasteiger partial charge in [-0.2, -0.15) is 0 Å². The molecule has 2 bridgehead atoms. The molecule has 0 aromatic heterocycles. The van der Waals surface area contributed by atoms with Crippen LogP contribution in [0.2, 0.25) is 0 Å². The zero-order chi connectivity index (χ0) is 10.9. The summed E-state index contributed by atoms with van der Waals surface area (Å²) in [5.74, 6) is -0.256. The number of hydrogen-bond acceptors (Lipinski definition) is 4. The summed E-state index contributed by atoms with van der Waals surface area (Å²) in [6.07, 6.45) is 4.07. The molecule has 2 aliphatic heterocycles. The normalized spacial score (nSPS) is 39.1. The third-order valence-electron chi connectivity index (χ3n) is 3.57. The van der Waals surface area contributed by atoms with Gasteiger partial charge in [0.25, 0.3) is 0 Å². The fourth-order valence-electron chi connectivity index (χ4n) is 2.74. The van der Waals surface area contributed by atoms with Gasteiger partial charge < -0.3 is 14.6 Å². The van der Waals surface area contributed by atoms with Gasteiger partial charge in [-0.05, 0) is 32.6 Å². The number of hydrogen-bond donors (Lipinski definition) is 1. The molecule has 1 saturated carbocycles. The Morgan fingerprint density at radius 3 is 2.53 bits per heavy atom. The van der Waals surface area contributed by atoms with Crippen molar-refractivity contribution in [2.45, 2.75) is 44.3 Å². The average Bonchev–Trinajstić information content (AvgIpc) is 2.30. The summed E-state index contributed by atoms with van der Waals surface area (Å²) in [4.78, 5) is 11.8. The molecule has 3 aliphatic rings. The first-order valence-electron chi connectivity index (χ1n) is 5.69. The standard InChI is InChI=1S/C11H18O4/c1-2-14-10(13)11(7-12)8-3-5-9(15-11)6-4-8/h8-9,12H,2-7H2,1H3. The van der Waals surface area contributed by atoms with E-state index >= 15 is 0 Å². The van der Waals surface area contributed by atoms with Gasteiger partial charge >= 0.3 is 5.97 Å². The molecule has 1 unspecified atom stereocenters. The first kappa shape index (κ1) is 10.9. The lowest BCUT2D eigenvalue weighted by atomic mass is 9.72. The van der Waals surface area contributed by atoms with E-state index in [2.05, 4.69) is 0 Å². The molecule has 0 spiro atoms. The van der Waals surface area contributed by atoms with Crippen molar-refractivity contribution in [3.05, 3.63) is 0 Å². The molecule has 1 N–H and O–H groups in total. The minimum Gasteiger partial charge on any atom is -0.464 e. The molecule has 86 valence electrons. The zero-order valence-electron chi connectivity index (χ0n) is 9.07. The number of aliphatic hydroxyl groups excluding tert-OH is 1. The molecule has 2 saturated heterocycles. The Bertz CT molecular complexity index is 245. The Morgan fingerprint density at radius 1 is 1.47 bits per heavy atom. The fraction of sp³-hybridized carbons (Fsp3) is 0.909. The highest BCUT2D eigenvalue weighted by Gasteiger charge is 2.54. The Hall–Kier alpha value is -0.610. The van der Waals surface area contributed by atoms with Crippen LogP contribution in [-0.4, -0.2) is 36.0 Å². The van der Waals surface area contributed by atoms with E-state index < -0.39 is 5.60 Å². The lowest BCUT2D eigenvalue weighted by Gasteiger charge is -2.48. The maximum atomic E-state index is 11.8. The van der Waals surface area contributed by atoms with Gasteiger partial charge in [0.05, 0.1) is 19.3 Å². The minimum atomic E-state index is -1.06. The summed E-state index contributed by atoms with van der Waals surface area (Å²) in [7, 11) is 0. The molecular weight excluding hydrogens is 196 g/mol. The quantitative estimate of drug-likeness (QED) is 0.708. The van der Waals surface area contributed by atoms with Crippen molar-refractivity contribution in [2.75, 3.05) is 13.2 Å². The lowest BCUT2D eigenvalue weighted by Crippen LogP contribution is -2.59. The predicted molar refractivity (Wildman–Crippen MR) is 53.3 cm³/mol. The maximum Gasteiger partial charge on any atom is 0.341 e. The van der Waals surface area contributed by atoms with Gasteiger partial charge in [0.1, 0.15) is 0 Å². The van der Waals surface area contributed by atoms with E-state index in [0.29, 0.717) is 6.61 Å². The van der Waals surface area contributed by atoms with Crippen molar-refractivity contribution in [1.29, 1.82) is 0 Å². The molecular formula is C11H18O4. The van der Waals surface area contributed by atoms with Crippen LogP contribution < -0.4 is 0 Å². The number of carbonyl (C=O) groups excluding carboxylic acids is 1. The fourth-order valence-corrected chi connectivity index (χ4v) is 2.74. The van der Waals surface area contributed by atoms with E-state index in [-0.39, 0.29) is 24.6 Å². The van der Waals surface area contributed by atoms with Crippen LogP contribution in [0.15, 0.2) is 0 Å². The molecule has 4 heteroatoms. The Kier molecular flexibility index (Phi) is 2.98. The summed E-state index contributed by atoms with van der Waals surface area (Å²) >= 11 is 0. The van der Waals surface area contributed by atoms with Crippen LogP contribution in [0.25, 0.3) is 0 Å². The van der Waals surface area contributed by atoms with Gasteiger partial charge in [-0.3, -0.25) is 0 Å². The molecule has 0 amide bonds. The highest BCUT2D eigenvalue weighted by Crippen LogP contribution is 2.44. The van der Waals surface area contributed by atoms with Gasteiger partial charge in [-0.1, -0.05) is 0 Å². The minimum absolute atomic E-state index is 0.131. The van der Waals surface area contributed by atoms with Crippen molar-refractivity contribution in [2.24, 2.45) is 5.92 Å². The van der Waals surface area contributed by atoms with Gasteiger partial charge in [-0.25, -0.2) is 4.79 Å². The molecule has 0 aromatic carbocycles. The number of fused-ring (bicyclic) bond motifs is 3. The van der Waals surface area contributed by atoms with Crippen LogP contribution in [0.1, 0.15) is 32.6 Å². The highest BCUT2D eigenvalue weighted by atomic mass is 16.6. The second-order valence-corrected chi connectivity index (χ2v) is 4.36. The molecule has 2 heterocycles. The van der Waals surface area contributed by atoms with Crippen LogP contribution in [0.4, 0.5) is 0 Å². The van der Waals surface area contributed by atoms with Crippen LogP contribution in [0.3, 0.4) is 0 Å².